The van der Waals surface area contributed by atoms with E-state index < -0.39 is 11.9 Å². The number of carbonyl (C=O) groups is 3. The molecule has 0 fully saturated rings. The van der Waals surface area contributed by atoms with Crippen molar-refractivity contribution in [2.24, 2.45) is 0 Å². The summed E-state index contributed by atoms with van der Waals surface area (Å²) in [6, 6.07) is 6.85. The van der Waals surface area contributed by atoms with Gasteiger partial charge in [0.2, 0.25) is 5.91 Å². The maximum absolute atomic E-state index is 11.0. The molecule has 1 amide bonds. The fraction of sp³-hybridized carbons (Fsp3) is 0.357. The molecule has 0 aliphatic carbocycles. The molecule has 0 radical (unpaired) electrons. The Bertz CT molecular complexity index is 512. The highest BCUT2D eigenvalue weighted by molar-refractivity contribution is 5.89. The fourth-order valence-corrected chi connectivity index (χ4v) is 1.81. The van der Waals surface area contributed by atoms with Gasteiger partial charge in [-0.2, -0.15) is 0 Å². The van der Waals surface area contributed by atoms with Gasteiger partial charge in [-0.1, -0.05) is 6.07 Å². The highest BCUT2D eigenvalue weighted by Crippen LogP contribution is 2.20. The lowest BCUT2D eigenvalue weighted by Crippen LogP contribution is -2.28. The van der Waals surface area contributed by atoms with Crippen LogP contribution in [0.2, 0.25) is 0 Å². The van der Waals surface area contributed by atoms with Crippen LogP contribution in [0.5, 0.6) is 0 Å². The van der Waals surface area contributed by atoms with Gasteiger partial charge in [0.25, 0.3) is 0 Å². The second kappa shape index (κ2) is 7.88. The first-order valence-electron chi connectivity index (χ1n) is 6.44. The van der Waals surface area contributed by atoms with Gasteiger partial charge in [-0.15, -0.1) is 0 Å². The number of hydrogen-bond acceptors (Lipinski definition) is 4. The Labute approximate surface area is 122 Å². The largest absolute Gasteiger partial charge is 0.481 e. The molecule has 0 aromatic heterocycles. The van der Waals surface area contributed by atoms with Crippen molar-refractivity contribution in [1.82, 2.24) is 0 Å². The van der Waals surface area contributed by atoms with Crippen molar-refractivity contribution < 1.29 is 24.6 Å². The first-order chi connectivity index (χ1) is 9.88. The lowest BCUT2D eigenvalue weighted by molar-refractivity contribution is -0.137. The molecule has 0 saturated carbocycles. The van der Waals surface area contributed by atoms with Crippen LogP contribution in [0.1, 0.15) is 19.8 Å². The molecule has 21 heavy (non-hydrogen) atoms. The van der Waals surface area contributed by atoms with Gasteiger partial charge in [0.1, 0.15) is 0 Å². The summed E-state index contributed by atoms with van der Waals surface area (Å²) in [6.07, 6.45) is -0.187. The smallest absolute Gasteiger partial charge is 0.305 e. The molecule has 3 N–H and O–H groups in total. The maximum atomic E-state index is 11.0. The summed E-state index contributed by atoms with van der Waals surface area (Å²) >= 11 is 0. The van der Waals surface area contributed by atoms with Crippen molar-refractivity contribution in [3.05, 3.63) is 24.3 Å². The van der Waals surface area contributed by atoms with Crippen molar-refractivity contribution in [3.8, 4) is 0 Å². The SMILES string of the molecule is CC(=O)Nc1cccc(N(CCC(=O)O)CCC(=O)O)c1. The van der Waals surface area contributed by atoms with Crippen molar-refractivity contribution in [3.63, 3.8) is 0 Å². The zero-order valence-electron chi connectivity index (χ0n) is 11.7. The van der Waals surface area contributed by atoms with Crippen LogP contribution >= 0.6 is 0 Å². The molecule has 0 aliphatic rings. The minimum absolute atomic E-state index is 0.0933. The second-order valence-electron chi connectivity index (χ2n) is 4.51. The monoisotopic (exact) mass is 294 g/mol. The summed E-state index contributed by atoms with van der Waals surface area (Å²) < 4.78 is 0. The Morgan fingerprint density at radius 3 is 2.14 bits per heavy atom. The van der Waals surface area contributed by atoms with Gasteiger partial charge < -0.3 is 20.4 Å². The number of hydrogen-bond donors (Lipinski definition) is 3. The highest BCUT2D eigenvalue weighted by Gasteiger charge is 2.11. The first-order valence-corrected chi connectivity index (χ1v) is 6.44. The van der Waals surface area contributed by atoms with Crippen LogP contribution in [-0.4, -0.2) is 41.1 Å². The second-order valence-corrected chi connectivity index (χ2v) is 4.51. The van der Waals surface area contributed by atoms with Crippen molar-refractivity contribution in [2.45, 2.75) is 19.8 Å². The zero-order valence-corrected chi connectivity index (χ0v) is 11.7. The quantitative estimate of drug-likeness (QED) is 0.669. The number of aliphatic carboxylic acids is 2. The van der Waals surface area contributed by atoms with E-state index >= 15 is 0 Å². The number of benzene rings is 1. The molecule has 0 heterocycles. The molecule has 0 aliphatic heterocycles. The van der Waals surface area contributed by atoms with Gasteiger partial charge in [0.15, 0.2) is 0 Å². The average molecular weight is 294 g/mol. The number of carbonyl (C=O) groups excluding carboxylic acids is 1. The van der Waals surface area contributed by atoms with Crippen molar-refractivity contribution in [1.29, 1.82) is 0 Å². The molecule has 7 nitrogen and oxygen atoms in total. The van der Waals surface area contributed by atoms with Gasteiger partial charge in [0.05, 0.1) is 12.8 Å². The molecule has 114 valence electrons. The summed E-state index contributed by atoms with van der Waals surface area (Å²) in [5.74, 6) is -2.11. The summed E-state index contributed by atoms with van der Waals surface area (Å²) in [5.41, 5.74) is 1.25. The molecule has 1 aromatic rings. The number of carboxylic acid groups (broad SMARTS) is 2. The van der Waals surface area contributed by atoms with Gasteiger partial charge in [-0.05, 0) is 18.2 Å². The first kappa shape index (κ1) is 16.5. The van der Waals surface area contributed by atoms with Crippen molar-refractivity contribution >= 4 is 29.2 Å². The summed E-state index contributed by atoms with van der Waals surface area (Å²) in [7, 11) is 0. The third-order valence-electron chi connectivity index (χ3n) is 2.72. The Hall–Kier alpha value is -2.57. The molecule has 0 bridgehead atoms. The molecular formula is C14H18N2O5. The van der Waals surface area contributed by atoms with Gasteiger partial charge >= 0.3 is 11.9 Å². The number of nitrogens with one attached hydrogen (secondary N) is 1. The van der Waals surface area contributed by atoms with E-state index in [0.29, 0.717) is 11.4 Å². The Morgan fingerprint density at radius 2 is 1.67 bits per heavy atom. The fourth-order valence-electron chi connectivity index (χ4n) is 1.81. The van der Waals surface area contributed by atoms with Crippen LogP contribution < -0.4 is 10.2 Å². The average Bonchev–Trinajstić information content (AvgIpc) is 2.37. The minimum Gasteiger partial charge on any atom is -0.481 e. The Morgan fingerprint density at radius 1 is 1.10 bits per heavy atom. The van der Waals surface area contributed by atoms with Crippen LogP contribution in [0.3, 0.4) is 0 Å². The molecule has 0 spiro atoms. The number of rotatable bonds is 8. The van der Waals surface area contributed by atoms with E-state index in [1.54, 1.807) is 29.2 Å². The highest BCUT2D eigenvalue weighted by atomic mass is 16.4. The summed E-state index contributed by atoms with van der Waals surface area (Å²) in [4.78, 5) is 34.1. The van der Waals surface area contributed by atoms with E-state index in [2.05, 4.69) is 5.32 Å². The van der Waals surface area contributed by atoms with Crippen LogP contribution in [0, 0.1) is 0 Å². The molecule has 0 atom stereocenters. The lowest BCUT2D eigenvalue weighted by atomic mass is 10.2. The molecular weight excluding hydrogens is 276 g/mol. The Balaban J connectivity index is 2.86. The number of anilines is 2. The molecule has 1 rings (SSSR count). The van der Waals surface area contributed by atoms with E-state index in [4.69, 9.17) is 10.2 Å². The third kappa shape index (κ3) is 6.42. The number of nitrogens with zero attached hydrogens (tertiary/aromatic N) is 1. The van der Waals surface area contributed by atoms with E-state index in [1.165, 1.54) is 6.92 Å². The van der Waals surface area contributed by atoms with Crippen LogP contribution in [0.4, 0.5) is 11.4 Å². The normalized spacial score (nSPS) is 9.95. The van der Waals surface area contributed by atoms with E-state index in [9.17, 15) is 14.4 Å². The van der Waals surface area contributed by atoms with E-state index in [0.717, 1.165) is 0 Å². The molecule has 7 heteroatoms. The van der Waals surface area contributed by atoms with E-state index in [1.807, 2.05) is 0 Å². The zero-order chi connectivity index (χ0) is 15.8. The molecule has 0 unspecified atom stereocenters. The minimum atomic E-state index is -0.951. The molecule has 1 aromatic carbocycles. The predicted molar refractivity (Wildman–Crippen MR) is 77.5 cm³/mol. The van der Waals surface area contributed by atoms with Crippen LogP contribution in [0.25, 0.3) is 0 Å². The topological polar surface area (TPSA) is 107 Å². The Kier molecular flexibility index (Phi) is 6.19. The summed E-state index contributed by atoms with van der Waals surface area (Å²) in [5, 5.41) is 20.2. The van der Waals surface area contributed by atoms with Crippen LogP contribution in [-0.2, 0) is 14.4 Å². The lowest BCUT2D eigenvalue weighted by Gasteiger charge is -2.24. The van der Waals surface area contributed by atoms with Gasteiger partial charge in [-0.25, -0.2) is 0 Å². The summed E-state index contributed by atoms with van der Waals surface area (Å²) in [6.45, 7) is 1.79. The van der Waals surface area contributed by atoms with Gasteiger partial charge in [-0.3, -0.25) is 14.4 Å². The third-order valence-corrected chi connectivity index (χ3v) is 2.72. The standard InChI is InChI=1S/C14H18N2O5/c1-10(17)15-11-3-2-4-12(9-11)16(7-5-13(18)19)8-6-14(20)21/h2-4,9H,5-8H2,1H3,(H,15,17)(H,18,19)(H,20,21). The van der Waals surface area contributed by atoms with Gasteiger partial charge in [0, 0.05) is 31.4 Å². The predicted octanol–water partition coefficient (Wildman–Crippen LogP) is 1.40. The van der Waals surface area contributed by atoms with E-state index in [-0.39, 0.29) is 31.8 Å². The number of amides is 1. The maximum Gasteiger partial charge on any atom is 0.305 e. The molecule has 0 saturated heterocycles. The van der Waals surface area contributed by atoms with Crippen molar-refractivity contribution in [2.75, 3.05) is 23.3 Å². The number of carboxylic acids is 2. The van der Waals surface area contributed by atoms with Crippen LogP contribution in [0.15, 0.2) is 24.3 Å².